The van der Waals surface area contributed by atoms with Crippen molar-refractivity contribution in [2.45, 2.75) is 13.3 Å². The van der Waals surface area contributed by atoms with Gasteiger partial charge in [0.2, 0.25) is 5.69 Å². The van der Waals surface area contributed by atoms with Gasteiger partial charge < -0.3 is 10.1 Å². The number of aromatic nitrogens is 1. The van der Waals surface area contributed by atoms with Crippen molar-refractivity contribution < 1.29 is 13.7 Å². The molecule has 0 unspecified atom stereocenters. The Balaban J connectivity index is 3.35. The summed E-state index contributed by atoms with van der Waals surface area (Å²) in [6, 6.07) is 1.13. The van der Waals surface area contributed by atoms with Gasteiger partial charge in [0.05, 0.1) is 4.47 Å². The molecular formula is C7H5BrF2N2O2. The van der Waals surface area contributed by atoms with Crippen LogP contribution in [0.15, 0.2) is 10.5 Å². The first-order valence-corrected chi connectivity index (χ1v) is 4.32. The Hall–Kier alpha value is -1.11. The lowest BCUT2D eigenvalue weighted by Gasteiger charge is -2.01. The van der Waals surface area contributed by atoms with Crippen LogP contribution in [0, 0.1) is 17.0 Å². The number of pyridine rings is 1. The second-order valence-corrected chi connectivity index (χ2v) is 3.35. The zero-order valence-electron chi connectivity index (χ0n) is 7.00. The van der Waals surface area contributed by atoms with Gasteiger partial charge in [0.1, 0.15) is 0 Å². The fourth-order valence-corrected chi connectivity index (χ4v) is 1.28. The molecule has 0 saturated carbocycles. The van der Waals surface area contributed by atoms with E-state index in [4.69, 9.17) is 0 Å². The highest BCUT2D eigenvalue weighted by Gasteiger charge is 2.24. The number of hydrogen-bond donors (Lipinski definition) is 0. The third kappa shape index (κ3) is 2.03. The molecule has 4 nitrogen and oxygen atoms in total. The predicted molar refractivity (Wildman–Crippen MR) is 48.3 cm³/mol. The van der Waals surface area contributed by atoms with Gasteiger partial charge in [-0.3, -0.25) is 0 Å². The standard InChI is InChI=1S/C7H5BrF2N2O2/c1-3-2-4(12(13)14)11-6(5(3)8)7(9)10/h2,7H,1H3. The van der Waals surface area contributed by atoms with Crippen LogP contribution in [0.2, 0.25) is 0 Å². The summed E-state index contributed by atoms with van der Waals surface area (Å²) in [5.41, 5.74) is -0.237. The summed E-state index contributed by atoms with van der Waals surface area (Å²) in [7, 11) is 0. The van der Waals surface area contributed by atoms with Crippen molar-refractivity contribution in [3.8, 4) is 0 Å². The van der Waals surface area contributed by atoms with Crippen LogP contribution in [0.4, 0.5) is 14.6 Å². The zero-order valence-corrected chi connectivity index (χ0v) is 8.59. The van der Waals surface area contributed by atoms with Crippen LogP contribution in [0.3, 0.4) is 0 Å². The predicted octanol–water partition coefficient (Wildman–Crippen LogP) is 3.00. The van der Waals surface area contributed by atoms with Crippen molar-refractivity contribution in [1.29, 1.82) is 0 Å². The SMILES string of the molecule is Cc1cc([N+](=O)[O-])nc(C(F)F)c1Br. The second kappa shape index (κ2) is 3.95. The van der Waals surface area contributed by atoms with Crippen molar-refractivity contribution in [2.75, 3.05) is 0 Å². The Labute approximate surface area is 86.2 Å². The minimum absolute atomic E-state index is 0.109. The summed E-state index contributed by atoms with van der Waals surface area (Å²) in [6.07, 6.45) is -2.83. The molecule has 7 heteroatoms. The number of halogens is 3. The minimum atomic E-state index is -2.83. The largest absolute Gasteiger partial charge is 0.364 e. The van der Waals surface area contributed by atoms with Crippen molar-refractivity contribution in [1.82, 2.24) is 4.98 Å². The molecule has 0 radical (unpaired) electrons. The van der Waals surface area contributed by atoms with Crippen LogP contribution in [-0.4, -0.2) is 9.91 Å². The molecular weight excluding hydrogens is 262 g/mol. The van der Waals surface area contributed by atoms with E-state index in [1.54, 1.807) is 0 Å². The highest BCUT2D eigenvalue weighted by molar-refractivity contribution is 9.10. The Morgan fingerprint density at radius 3 is 2.64 bits per heavy atom. The molecule has 0 aromatic carbocycles. The van der Waals surface area contributed by atoms with Gasteiger partial charge in [0.25, 0.3) is 0 Å². The molecule has 0 saturated heterocycles. The van der Waals surface area contributed by atoms with Gasteiger partial charge in [0, 0.05) is 6.07 Å². The highest BCUT2D eigenvalue weighted by atomic mass is 79.9. The van der Waals surface area contributed by atoms with Crippen LogP contribution >= 0.6 is 15.9 Å². The molecule has 0 aliphatic heterocycles. The number of hydrogen-bond acceptors (Lipinski definition) is 3. The van der Waals surface area contributed by atoms with Crippen LogP contribution in [0.5, 0.6) is 0 Å². The van der Waals surface area contributed by atoms with Crippen molar-refractivity contribution >= 4 is 21.7 Å². The maximum Gasteiger partial charge on any atom is 0.364 e. The Bertz CT molecular complexity index is 384. The van der Waals surface area contributed by atoms with Crippen LogP contribution in [-0.2, 0) is 0 Å². The van der Waals surface area contributed by atoms with E-state index in [-0.39, 0.29) is 4.47 Å². The topological polar surface area (TPSA) is 56.0 Å². The fraction of sp³-hybridized carbons (Fsp3) is 0.286. The third-order valence-corrected chi connectivity index (χ3v) is 2.58. The molecule has 0 aliphatic carbocycles. The molecule has 0 atom stereocenters. The van der Waals surface area contributed by atoms with E-state index >= 15 is 0 Å². The van der Waals surface area contributed by atoms with Crippen molar-refractivity contribution in [3.63, 3.8) is 0 Å². The lowest BCUT2D eigenvalue weighted by Crippen LogP contribution is -2.00. The first-order valence-electron chi connectivity index (χ1n) is 3.53. The molecule has 1 heterocycles. The number of rotatable bonds is 2. The number of alkyl halides is 2. The normalized spacial score (nSPS) is 10.6. The number of nitrogens with zero attached hydrogens (tertiary/aromatic N) is 2. The monoisotopic (exact) mass is 266 g/mol. The molecule has 0 spiro atoms. The van der Waals surface area contributed by atoms with Gasteiger partial charge in [-0.1, -0.05) is 0 Å². The molecule has 0 bridgehead atoms. The summed E-state index contributed by atoms with van der Waals surface area (Å²) in [6.45, 7) is 1.49. The van der Waals surface area contributed by atoms with Crippen LogP contribution < -0.4 is 0 Å². The zero-order chi connectivity index (χ0) is 10.9. The minimum Gasteiger partial charge on any atom is -0.358 e. The van der Waals surface area contributed by atoms with Gasteiger partial charge in [-0.05, 0) is 38.3 Å². The van der Waals surface area contributed by atoms with E-state index < -0.39 is 22.9 Å². The summed E-state index contributed by atoms with van der Waals surface area (Å²) in [5, 5.41) is 10.3. The quantitative estimate of drug-likeness (QED) is 0.611. The van der Waals surface area contributed by atoms with Gasteiger partial charge in [-0.25, -0.2) is 8.78 Å². The maximum atomic E-state index is 12.3. The molecule has 1 rings (SSSR count). The molecule has 0 N–H and O–H groups in total. The van der Waals surface area contributed by atoms with Crippen LogP contribution in [0.1, 0.15) is 17.7 Å². The maximum absolute atomic E-state index is 12.3. The lowest BCUT2D eigenvalue weighted by atomic mass is 10.2. The van der Waals surface area contributed by atoms with Crippen LogP contribution in [0.25, 0.3) is 0 Å². The second-order valence-electron chi connectivity index (χ2n) is 2.55. The third-order valence-electron chi connectivity index (χ3n) is 1.55. The van der Waals surface area contributed by atoms with Crippen molar-refractivity contribution in [2.24, 2.45) is 0 Å². The molecule has 0 amide bonds. The fourth-order valence-electron chi connectivity index (χ4n) is 0.902. The molecule has 1 aromatic heterocycles. The van der Waals surface area contributed by atoms with E-state index in [0.717, 1.165) is 6.07 Å². The summed E-state index contributed by atoms with van der Waals surface area (Å²) < 4.78 is 24.8. The molecule has 1 aromatic rings. The smallest absolute Gasteiger partial charge is 0.358 e. The van der Waals surface area contributed by atoms with E-state index in [1.165, 1.54) is 6.92 Å². The van der Waals surface area contributed by atoms with Gasteiger partial charge in [0.15, 0.2) is 0 Å². The van der Waals surface area contributed by atoms with Gasteiger partial charge in [-0.2, -0.15) is 0 Å². The average molecular weight is 267 g/mol. The average Bonchev–Trinajstić information content (AvgIpc) is 2.08. The molecule has 0 fully saturated rings. The van der Waals surface area contributed by atoms with E-state index in [0.29, 0.717) is 5.56 Å². The van der Waals surface area contributed by atoms with Gasteiger partial charge >= 0.3 is 12.2 Å². The summed E-state index contributed by atoms with van der Waals surface area (Å²) in [5.74, 6) is -0.569. The van der Waals surface area contributed by atoms with E-state index in [9.17, 15) is 18.9 Å². The lowest BCUT2D eigenvalue weighted by molar-refractivity contribution is -0.389. The Morgan fingerprint density at radius 2 is 2.21 bits per heavy atom. The highest BCUT2D eigenvalue weighted by Crippen LogP contribution is 2.30. The number of nitro groups is 1. The van der Waals surface area contributed by atoms with Gasteiger partial charge in [-0.15, -0.1) is 0 Å². The van der Waals surface area contributed by atoms with Crippen molar-refractivity contribution in [3.05, 3.63) is 31.9 Å². The molecule has 14 heavy (non-hydrogen) atoms. The number of aryl methyl sites for hydroxylation is 1. The first-order chi connectivity index (χ1) is 6.43. The van der Waals surface area contributed by atoms with E-state index in [2.05, 4.69) is 20.9 Å². The first kappa shape index (κ1) is 11.0. The molecule has 76 valence electrons. The summed E-state index contributed by atoms with van der Waals surface area (Å²) in [4.78, 5) is 12.8. The Morgan fingerprint density at radius 1 is 1.64 bits per heavy atom. The molecule has 0 aliphatic rings. The summed E-state index contributed by atoms with van der Waals surface area (Å²) >= 11 is 2.90. The Kier molecular flexibility index (Phi) is 3.10. The van der Waals surface area contributed by atoms with E-state index in [1.807, 2.05) is 0 Å².